The summed E-state index contributed by atoms with van der Waals surface area (Å²) in [6, 6.07) is 0. The molecule has 0 aliphatic rings. The molecule has 1 aromatic heterocycles. The van der Waals surface area contributed by atoms with E-state index in [0.29, 0.717) is 5.95 Å². The quantitative estimate of drug-likeness (QED) is 0.675. The lowest BCUT2D eigenvalue weighted by atomic mass is 10.2. The van der Waals surface area contributed by atoms with E-state index in [1.54, 1.807) is 6.20 Å². The van der Waals surface area contributed by atoms with E-state index in [1.165, 1.54) is 25.7 Å². The van der Waals surface area contributed by atoms with E-state index in [2.05, 4.69) is 50.4 Å². The van der Waals surface area contributed by atoms with Crippen LogP contribution in [0.15, 0.2) is 10.7 Å². The summed E-state index contributed by atoms with van der Waals surface area (Å²) in [5.74, 6) is 1.57. The van der Waals surface area contributed by atoms with Crippen molar-refractivity contribution in [3.05, 3.63) is 10.7 Å². The Morgan fingerprint density at radius 2 is 1.89 bits per heavy atom. The molecule has 0 amide bonds. The van der Waals surface area contributed by atoms with Gasteiger partial charge in [-0.1, -0.05) is 33.1 Å². The third-order valence-electron chi connectivity index (χ3n) is 2.60. The number of nitrogens with zero attached hydrogens (tertiary/aromatic N) is 2. The molecule has 5 heteroatoms. The van der Waals surface area contributed by atoms with Crippen molar-refractivity contribution in [3.8, 4) is 0 Å². The van der Waals surface area contributed by atoms with Crippen molar-refractivity contribution in [2.45, 2.75) is 46.0 Å². The number of hydrogen-bond acceptors (Lipinski definition) is 4. The highest BCUT2D eigenvalue weighted by molar-refractivity contribution is 9.10. The molecule has 0 aliphatic heterocycles. The topological polar surface area (TPSA) is 49.8 Å². The van der Waals surface area contributed by atoms with Crippen molar-refractivity contribution < 1.29 is 0 Å². The highest BCUT2D eigenvalue weighted by Crippen LogP contribution is 2.20. The molecule has 1 heterocycles. The van der Waals surface area contributed by atoms with Crippen LogP contribution in [0.2, 0.25) is 0 Å². The van der Waals surface area contributed by atoms with Crippen LogP contribution in [-0.2, 0) is 0 Å². The van der Waals surface area contributed by atoms with Gasteiger partial charge in [0.15, 0.2) is 0 Å². The second kappa shape index (κ2) is 9.14. The Bertz CT molecular complexity index is 344. The first-order valence-electron chi connectivity index (χ1n) is 6.78. The lowest BCUT2D eigenvalue weighted by Gasteiger charge is -2.09. The Labute approximate surface area is 118 Å². The van der Waals surface area contributed by atoms with Gasteiger partial charge in [0.05, 0.1) is 4.47 Å². The molecule has 0 fully saturated rings. The van der Waals surface area contributed by atoms with E-state index in [4.69, 9.17) is 0 Å². The van der Waals surface area contributed by atoms with E-state index in [-0.39, 0.29) is 0 Å². The first kappa shape index (κ1) is 15.2. The Morgan fingerprint density at radius 1 is 1.06 bits per heavy atom. The maximum Gasteiger partial charge on any atom is 0.224 e. The van der Waals surface area contributed by atoms with Crippen LogP contribution in [0.1, 0.15) is 46.0 Å². The van der Waals surface area contributed by atoms with Crippen molar-refractivity contribution in [1.29, 1.82) is 0 Å². The lowest BCUT2D eigenvalue weighted by Crippen LogP contribution is -2.09. The summed E-state index contributed by atoms with van der Waals surface area (Å²) in [6.45, 7) is 6.21. The number of nitrogens with one attached hydrogen (secondary N) is 2. The first-order chi connectivity index (χ1) is 8.77. The Morgan fingerprint density at radius 3 is 2.61 bits per heavy atom. The maximum absolute atomic E-state index is 4.45. The Balaban J connectivity index is 2.42. The molecular formula is C13H23BrN4. The molecule has 0 saturated heterocycles. The van der Waals surface area contributed by atoms with Crippen molar-refractivity contribution in [2.24, 2.45) is 0 Å². The number of aromatic nitrogens is 2. The minimum absolute atomic E-state index is 0.691. The second-order valence-electron chi connectivity index (χ2n) is 4.30. The SMILES string of the molecule is CCCCCCNc1nc(NCCC)ncc1Br. The van der Waals surface area contributed by atoms with Crippen LogP contribution in [-0.4, -0.2) is 23.1 Å². The third-order valence-corrected chi connectivity index (χ3v) is 3.18. The molecule has 0 atom stereocenters. The standard InChI is InChI=1S/C13H23BrN4/c1-3-5-6-7-9-15-12-11(14)10-17-13(18-12)16-8-4-2/h10H,3-9H2,1-2H3,(H2,15,16,17,18). The average Bonchev–Trinajstić information content (AvgIpc) is 2.39. The number of unbranched alkanes of at least 4 members (excludes halogenated alkanes) is 3. The highest BCUT2D eigenvalue weighted by atomic mass is 79.9. The summed E-state index contributed by atoms with van der Waals surface area (Å²) in [4.78, 5) is 8.67. The Kier molecular flexibility index (Phi) is 7.73. The minimum Gasteiger partial charge on any atom is -0.369 e. The predicted octanol–water partition coefficient (Wildman–Crippen LogP) is 4.05. The van der Waals surface area contributed by atoms with Crippen LogP contribution >= 0.6 is 15.9 Å². The van der Waals surface area contributed by atoms with E-state index in [0.717, 1.165) is 29.8 Å². The fourth-order valence-electron chi connectivity index (χ4n) is 1.57. The van der Waals surface area contributed by atoms with Gasteiger partial charge in [0.25, 0.3) is 0 Å². The van der Waals surface area contributed by atoms with Gasteiger partial charge in [-0.05, 0) is 28.8 Å². The van der Waals surface area contributed by atoms with E-state index in [9.17, 15) is 0 Å². The zero-order valence-corrected chi connectivity index (χ0v) is 12.9. The number of hydrogen-bond donors (Lipinski definition) is 2. The van der Waals surface area contributed by atoms with Crippen LogP contribution in [0.4, 0.5) is 11.8 Å². The molecule has 0 aliphatic carbocycles. The fourth-order valence-corrected chi connectivity index (χ4v) is 1.90. The van der Waals surface area contributed by atoms with E-state index < -0.39 is 0 Å². The van der Waals surface area contributed by atoms with Crippen LogP contribution in [0.5, 0.6) is 0 Å². The monoisotopic (exact) mass is 314 g/mol. The van der Waals surface area contributed by atoms with Gasteiger partial charge < -0.3 is 10.6 Å². The van der Waals surface area contributed by atoms with Crippen LogP contribution in [0.3, 0.4) is 0 Å². The smallest absolute Gasteiger partial charge is 0.224 e. The van der Waals surface area contributed by atoms with Gasteiger partial charge in [-0.15, -0.1) is 0 Å². The van der Waals surface area contributed by atoms with Crippen molar-refractivity contribution in [3.63, 3.8) is 0 Å². The molecule has 18 heavy (non-hydrogen) atoms. The summed E-state index contributed by atoms with van der Waals surface area (Å²) >= 11 is 3.47. The number of anilines is 2. The van der Waals surface area contributed by atoms with Crippen molar-refractivity contribution >= 4 is 27.7 Å². The minimum atomic E-state index is 0.691. The summed E-state index contributed by atoms with van der Waals surface area (Å²) in [7, 11) is 0. The first-order valence-corrected chi connectivity index (χ1v) is 7.57. The van der Waals surface area contributed by atoms with Gasteiger partial charge >= 0.3 is 0 Å². The van der Waals surface area contributed by atoms with E-state index in [1.807, 2.05) is 0 Å². The summed E-state index contributed by atoms with van der Waals surface area (Å²) < 4.78 is 0.917. The second-order valence-corrected chi connectivity index (χ2v) is 5.16. The zero-order valence-electron chi connectivity index (χ0n) is 11.3. The third kappa shape index (κ3) is 5.67. The van der Waals surface area contributed by atoms with E-state index >= 15 is 0 Å². The molecular weight excluding hydrogens is 292 g/mol. The van der Waals surface area contributed by atoms with Crippen LogP contribution < -0.4 is 10.6 Å². The van der Waals surface area contributed by atoms with Crippen molar-refractivity contribution in [1.82, 2.24) is 9.97 Å². The number of rotatable bonds is 9. The summed E-state index contributed by atoms with van der Waals surface area (Å²) in [5, 5.41) is 6.54. The van der Waals surface area contributed by atoms with Crippen molar-refractivity contribution in [2.75, 3.05) is 23.7 Å². The molecule has 102 valence electrons. The normalized spacial score (nSPS) is 10.4. The number of halogens is 1. The van der Waals surface area contributed by atoms with Gasteiger partial charge in [0.1, 0.15) is 5.82 Å². The summed E-state index contributed by atoms with van der Waals surface area (Å²) in [5.41, 5.74) is 0. The molecule has 0 bridgehead atoms. The molecule has 4 nitrogen and oxygen atoms in total. The van der Waals surface area contributed by atoms with Gasteiger partial charge in [0.2, 0.25) is 5.95 Å². The largest absolute Gasteiger partial charge is 0.369 e. The molecule has 1 rings (SSSR count). The fraction of sp³-hybridized carbons (Fsp3) is 0.692. The lowest BCUT2D eigenvalue weighted by molar-refractivity contribution is 0.684. The average molecular weight is 315 g/mol. The maximum atomic E-state index is 4.45. The Hall–Kier alpha value is -0.840. The molecule has 1 aromatic rings. The molecule has 2 N–H and O–H groups in total. The molecule has 0 saturated carbocycles. The molecule has 0 radical (unpaired) electrons. The van der Waals surface area contributed by atoms with Gasteiger partial charge in [-0.25, -0.2) is 4.98 Å². The van der Waals surface area contributed by atoms with Gasteiger partial charge in [0, 0.05) is 19.3 Å². The highest BCUT2D eigenvalue weighted by Gasteiger charge is 2.03. The van der Waals surface area contributed by atoms with Crippen LogP contribution in [0.25, 0.3) is 0 Å². The molecule has 0 unspecified atom stereocenters. The van der Waals surface area contributed by atoms with Gasteiger partial charge in [-0.2, -0.15) is 4.98 Å². The predicted molar refractivity (Wildman–Crippen MR) is 81.1 cm³/mol. The molecule has 0 aromatic carbocycles. The molecule has 0 spiro atoms. The zero-order chi connectivity index (χ0) is 13.2. The van der Waals surface area contributed by atoms with Crippen LogP contribution in [0, 0.1) is 0 Å². The van der Waals surface area contributed by atoms with Gasteiger partial charge in [-0.3, -0.25) is 0 Å². The summed E-state index contributed by atoms with van der Waals surface area (Å²) in [6.07, 6.45) is 7.88.